The van der Waals surface area contributed by atoms with Gasteiger partial charge in [0.05, 0.1) is 17.1 Å². The number of nitrogens with one attached hydrogen (secondary N) is 3. The van der Waals surface area contributed by atoms with Crippen LogP contribution in [0.3, 0.4) is 0 Å². The average Bonchev–Trinajstić information content (AvgIpc) is 2.61. The third-order valence-electron chi connectivity index (χ3n) is 2.84. The van der Waals surface area contributed by atoms with E-state index in [1.54, 1.807) is 18.7 Å². The lowest BCUT2D eigenvalue weighted by atomic mass is 10.3. The van der Waals surface area contributed by atoms with Gasteiger partial charge < -0.3 is 16.0 Å². The molecule has 0 radical (unpaired) electrons. The lowest BCUT2D eigenvalue weighted by molar-refractivity contribution is -0.136. The van der Waals surface area contributed by atoms with Crippen molar-refractivity contribution >= 4 is 17.5 Å². The normalized spacial score (nSPS) is 10.3. The van der Waals surface area contributed by atoms with Crippen molar-refractivity contribution in [3.63, 3.8) is 0 Å². The third kappa shape index (κ3) is 4.06. The molecule has 0 spiro atoms. The number of amides is 2. The highest BCUT2D eigenvalue weighted by Gasteiger charge is 2.17. The van der Waals surface area contributed by atoms with Crippen molar-refractivity contribution in [3.8, 4) is 0 Å². The molecule has 0 fully saturated rings. The Kier molecular flexibility index (Phi) is 5.50. The van der Waals surface area contributed by atoms with Gasteiger partial charge in [0.25, 0.3) is 0 Å². The largest absolute Gasteiger partial charge is 0.348 e. The second kappa shape index (κ2) is 6.89. The molecule has 3 N–H and O–H groups in total. The van der Waals surface area contributed by atoms with E-state index in [1.807, 2.05) is 14.0 Å². The molecule has 7 nitrogen and oxygen atoms in total. The number of aromatic nitrogens is 2. The molecule has 1 rings (SSSR count). The van der Waals surface area contributed by atoms with Crippen LogP contribution in [-0.2, 0) is 16.6 Å². The van der Waals surface area contributed by atoms with Gasteiger partial charge in [-0.1, -0.05) is 0 Å². The van der Waals surface area contributed by atoms with E-state index in [1.165, 1.54) is 0 Å². The third-order valence-corrected chi connectivity index (χ3v) is 2.84. The molecule has 1 aromatic heterocycles. The zero-order chi connectivity index (χ0) is 14.4. The summed E-state index contributed by atoms with van der Waals surface area (Å²) in [5.74, 6) is -1.29. The SMILES string of the molecule is CNCCCNC(=O)C(=O)Nc1c(C)nn(C)c1C. The molecule has 0 saturated carbocycles. The van der Waals surface area contributed by atoms with E-state index in [2.05, 4.69) is 21.0 Å². The molecule has 0 bridgehead atoms. The van der Waals surface area contributed by atoms with Gasteiger partial charge >= 0.3 is 11.8 Å². The molecule has 0 unspecified atom stereocenters. The van der Waals surface area contributed by atoms with Crippen LogP contribution in [0.1, 0.15) is 17.8 Å². The maximum Gasteiger partial charge on any atom is 0.313 e. The van der Waals surface area contributed by atoms with E-state index in [-0.39, 0.29) is 0 Å². The molecule has 0 atom stereocenters. The minimum absolute atomic E-state index is 0.470. The number of nitrogens with zero attached hydrogens (tertiary/aromatic N) is 2. The fraction of sp³-hybridized carbons (Fsp3) is 0.583. The first-order valence-corrected chi connectivity index (χ1v) is 6.21. The molecule has 2 amide bonds. The molecular weight excluding hydrogens is 246 g/mol. The van der Waals surface area contributed by atoms with Crippen molar-refractivity contribution in [2.24, 2.45) is 7.05 Å². The molecule has 7 heteroatoms. The maximum atomic E-state index is 11.7. The van der Waals surface area contributed by atoms with E-state index in [0.717, 1.165) is 18.7 Å². The predicted octanol–water partition coefficient (Wildman–Crippen LogP) is -0.299. The second-order valence-corrected chi connectivity index (χ2v) is 4.34. The summed E-state index contributed by atoms with van der Waals surface area (Å²) in [5.41, 5.74) is 2.10. The van der Waals surface area contributed by atoms with Crippen LogP contribution in [0.2, 0.25) is 0 Å². The Morgan fingerprint density at radius 1 is 1.21 bits per heavy atom. The summed E-state index contributed by atoms with van der Waals surface area (Å²) in [7, 11) is 3.62. The fourth-order valence-corrected chi connectivity index (χ4v) is 1.67. The molecule has 0 aliphatic rings. The Morgan fingerprint density at radius 2 is 1.89 bits per heavy atom. The molecular formula is C12H21N5O2. The van der Waals surface area contributed by atoms with Crippen LogP contribution >= 0.6 is 0 Å². The first kappa shape index (κ1) is 15.2. The minimum Gasteiger partial charge on any atom is -0.348 e. The summed E-state index contributed by atoms with van der Waals surface area (Å²) >= 11 is 0. The van der Waals surface area contributed by atoms with Gasteiger partial charge in [0.15, 0.2) is 0 Å². The van der Waals surface area contributed by atoms with E-state index in [9.17, 15) is 9.59 Å². The number of carbonyl (C=O) groups excluding carboxylic acids is 2. The van der Waals surface area contributed by atoms with Crippen LogP contribution in [0.15, 0.2) is 0 Å². The summed E-state index contributed by atoms with van der Waals surface area (Å²) in [6.45, 7) is 4.88. The molecule has 0 aliphatic heterocycles. The summed E-state index contributed by atoms with van der Waals surface area (Å²) in [6.07, 6.45) is 0.778. The Bertz CT molecular complexity index is 467. The molecule has 19 heavy (non-hydrogen) atoms. The fourth-order valence-electron chi connectivity index (χ4n) is 1.67. The first-order valence-electron chi connectivity index (χ1n) is 6.21. The van der Waals surface area contributed by atoms with Crippen molar-refractivity contribution in [1.82, 2.24) is 20.4 Å². The van der Waals surface area contributed by atoms with Gasteiger partial charge in [0, 0.05) is 13.6 Å². The van der Waals surface area contributed by atoms with Gasteiger partial charge in [-0.15, -0.1) is 0 Å². The van der Waals surface area contributed by atoms with Crippen LogP contribution in [0.4, 0.5) is 5.69 Å². The van der Waals surface area contributed by atoms with Crippen molar-refractivity contribution in [3.05, 3.63) is 11.4 Å². The second-order valence-electron chi connectivity index (χ2n) is 4.34. The maximum absolute atomic E-state index is 11.7. The number of aryl methyl sites for hydroxylation is 2. The van der Waals surface area contributed by atoms with Crippen LogP contribution in [0.5, 0.6) is 0 Å². The zero-order valence-electron chi connectivity index (χ0n) is 11.8. The van der Waals surface area contributed by atoms with Crippen LogP contribution in [0, 0.1) is 13.8 Å². The van der Waals surface area contributed by atoms with Crippen LogP contribution in [0.25, 0.3) is 0 Å². The number of carbonyl (C=O) groups is 2. The van der Waals surface area contributed by atoms with E-state index < -0.39 is 11.8 Å². The summed E-state index contributed by atoms with van der Waals surface area (Å²) in [5, 5.41) is 12.3. The quantitative estimate of drug-likeness (QED) is 0.505. The Morgan fingerprint density at radius 3 is 2.42 bits per heavy atom. The lowest BCUT2D eigenvalue weighted by Gasteiger charge is -2.06. The standard InChI is InChI=1S/C12H21N5O2/c1-8-10(9(2)17(4)16-8)15-12(19)11(18)14-7-5-6-13-3/h13H,5-7H2,1-4H3,(H,14,18)(H,15,19). The first-order chi connectivity index (χ1) is 8.97. The van der Waals surface area contributed by atoms with Crippen LogP contribution in [-0.4, -0.2) is 41.7 Å². The average molecular weight is 267 g/mol. The highest BCUT2D eigenvalue weighted by molar-refractivity contribution is 6.39. The van der Waals surface area contributed by atoms with E-state index >= 15 is 0 Å². The van der Waals surface area contributed by atoms with Crippen molar-refractivity contribution in [1.29, 1.82) is 0 Å². The van der Waals surface area contributed by atoms with E-state index in [0.29, 0.717) is 17.9 Å². The van der Waals surface area contributed by atoms with E-state index in [4.69, 9.17) is 0 Å². The van der Waals surface area contributed by atoms with Crippen molar-refractivity contribution in [2.75, 3.05) is 25.5 Å². The molecule has 106 valence electrons. The van der Waals surface area contributed by atoms with Gasteiger partial charge in [-0.3, -0.25) is 14.3 Å². The van der Waals surface area contributed by atoms with Gasteiger partial charge in [-0.05, 0) is 33.9 Å². The lowest BCUT2D eigenvalue weighted by Crippen LogP contribution is -2.36. The monoisotopic (exact) mass is 267 g/mol. The molecule has 0 aliphatic carbocycles. The minimum atomic E-state index is -0.663. The Hall–Kier alpha value is -1.89. The molecule has 1 aromatic rings. The smallest absolute Gasteiger partial charge is 0.313 e. The van der Waals surface area contributed by atoms with Crippen LogP contribution < -0.4 is 16.0 Å². The molecule has 1 heterocycles. The molecule has 0 aromatic carbocycles. The topological polar surface area (TPSA) is 88.0 Å². The number of hydrogen-bond acceptors (Lipinski definition) is 4. The summed E-state index contributed by atoms with van der Waals surface area (Å²) in [4.78, 5) is 23.3. The highest BCUT2D eigenvalue weighted by Crippen LogP contribution is 2.17. The summed E-state index contributed by atoms with van der Waals surface area (Å²) < 4.78 is 1.66. The van der Waals surface area contributed by atoms with Crippen molar-refractivity contribution in [2.45, 2.75) is 20.3 Å². The van der Waals surface area contributed by atoms with Gasteiger partial charge in [-0.25, -0.2) is 0 Å². The Labute approximate surface area is 112 Å². The van der Waals surface area contributed by atoms with Gasteiger partial charge in [0.1, 0.15) is 0 Å². The van der Waals surface area contributed by atoms with Crippen molar-refractivity contribution < 1.29 is 9.59 Å². The number of hydrogen-bond donors (Lipinski definition) is 3. The van der Waals surface area contributed by atoms with Gasteiger partial charge in [-0.2, -0.15) is 5.10 Å². The summed E-state index contributed by atoms with van der Waals surface area (Å²) in [6, 6.07) is 0. The van der Waals surface area contributed by atoms with Gasteiger partial charge in [0.2, 0.25) is 0 Å². The Balaban J connectivity index is 2.52. The number of rotatable bonds is 5. The number of anilines is 1. The predicted molar refractivity (Wildman–Crippen MR) is 72.9 cm³/mol. The highest BCUT2D eigenvalue weighted by atomic mass is 16.2. The zero-order valence-corrected chi connectivity index (χ0v) is 11.8. The molecule has 0 saturated heterocycles.